The normalized spacial score (nSPS) is 26.7. The van der Waals surface area contributed by atoms with E-state index < -0.39 is 0 Å². The summed E-state index contributed by atoms with van der Waals surface area (Å²) < 4.78 is 0. The van der Waals surface area contributed by atoms with Gasteiger partial charge in [0.05, 0.1) is 12.1 Å². The molecule has 1 aromatic heterocycles. The largest absolute Gasteiger partial charge is 0.356 e. The van der Waals surface area contributed by atoms with Gasteiger partial charge >= 0.3 is 0 Å². The Morgan fingerprint density at radius 1 is 1.35 bits per heavy atom. The van der Waals surface area contributed by atoms with Crippen molar-refractivity contribution >= 4 is 23.1 Å². The molecule has 3 heterocycles. The number of nitrogens with one attached hydrogen (secondary N) is 1. The molecule has 4 rings (SSSR count). The van der Waals surface area contributed by atoms with Gasteiger partial charge in [0.25, 0.3) is 0 Å². The predicted octanol–water partition coefficient (Wildman–Crippen LogP) is 3.23. The lowest BCUT2D eigenvalue weighted by molar-refractivity contribution is -0.137. The number of fused-ring (bicyclic) bond motifs is 5. The molecule has 3 atom stereocenters. The average molecular weight is 310 g/mol. The topological polar surface area (TPSA) is 53.2 Å². The molecule has 2 aliphatic heterocycles. The molecule has 0 saturated carbocycles. The van der Waals surface area contributed by atoms with Crippen LogP contribution in [0.5, 0.6) is 0 Å². The molecule has 2 aromatic rings. The zero-order chi connectivity index (χ0) is 16.1. The van der Waals surface area contributed by atoms with Crippen LogP contribution in [0.3, 0.4) is 0 Å². The van der Waals surface area contributed by atoms with Crippen molar-refractivity contribution in [2.24, 2.45) is 11.8 Å². The lowest BCUT2D eigenvalue weighted by Gasteiger charge is -2.34. The molecule has 0 bridgehead atoms. The Kier molecular flexibility index (Phi) is 3.29. The Balaban J connectivity index is 1.81. The van der Waals surface area contributed by atoms with Gasteiger partial charge in [0.1, 0.15) is 6.29 Å². The van der Waals surface area contributed by atoms with E-state index in [-0.39, 0.29) is 23.9 Å². The molecule has 1 saturated heterocycles. The van der Waals surface area contributed by atoms with Crippen molar-refractivity contribution in [2.75, 3.05) is 0 Å². The number of H-pyrrole nitrogens is 1. The Labute approximate surface area is 135 Å². The van der Waals surface area contributed by atoms with E-state index in [1.54, 1.807) is 0 Å². The van der Waals surface area contributed by atoms with Crippen molar-refractivity contribution in [1.82, 2.24) is 9.88 Å². The molecule has 2 aliphatic rings. The molecule has 1 amide bonds. The van der Waals surface area contributed by atoms with Gasteiger partial charge < -0.3 is 14.7 Å². The molecule has 1 N–H and O–H groups in total. The van der Waals surface area contributed by atoms with E-state index in [4.69, 9.17) is 0 Å². The number of aldehydes is 1. The molecule has 4 heteroatoms. The summed E-state index contributed by atoms with van der Waals surface area (Å²) in [5, 5.41) is 1.19. The molecule has 4 nitrogen and oxygen atoms in total. The van der Waals surface area contributed by atoms with Crippen molar-refractivity contribution in [1.29, 1.82) is 0 Å². The Hall–Kier alpha value is -2.10. The maximum atomic E-state index is 12.8. The van der Waals surface area contributed by atoms with E-state index in [0.717, 1.165) is 30.3 Å². The molecule has 1 aromatic carbocycles. The smallest absolute Gasteiger partial charge is 0.226 e. The first-order valence-electron chi connectivity index (χ1n) is 8.47. The van der Waals surface area contributed by atoms with Crippen molar-refractivity contribution in [3.05, 3.63) is 35.5 Å². The minimum atomic E-state index is -0.323. The third-order valence-electron chi connectivity index (χ3n) is 5.31. The fraction of sp³-hybridized carbons (Fsp3) is 0.474. The fourth-order valence-electron chi connectivity index (χ4n) is 4.41. The molecular formula is C19H22N2O2. The van der Waals surface area contributed by atoms with E-state index in [1.807, 2.05) is 17.0 Å². The summed E-state index contributed by atoms with van der Waals surface area (Å²) in [6.07, 6.45) is 3.29. The maximum absolute atomic E-state index is 12.8. The minimum Gasteiger partial charge on any atom is -0.356 e. The number of nitrogens with zero attached hydrogens (tertiary/aromatic N) is 1. The van der Waals surface area contributed by atoms with Gasteiger partial charge in [0.2, 0.25) is 5.91 Å². The number of carbonyl (C=O) groups excluding carboxylic acids is 2. The van der Waals surface area contributed by atoms with Crippen LogP contribution in [0.2, 0.25) is 0 Å². The predicted molar refractivity (Wildman–Crippen MR) is 89.0 cm³/mol. The number of carbonyl (C=O) groups is 2. The first-order valence-corrected chi connectivity index (χ1v) is 8.47. The Morgan fingerprint density at radius 3 is 2.87 bits per heavy atom. The lowest BCUT2D eigenvalue weighted by Crippen LogP contribution is -2.44. The fourth-order valence-corrected chi connectivity index (χ4v) is 4.41. The van der Waals surface area contributed by atoms with E-state index in [2.05, 4.69) is 31.0 Å². The average Bonchev–Trinajstić information content (AvgIpc) is 3.05. The van der Waals surface area contributed by atoms with Gasteiger partial charge in [-0.05, 0) is 30.4 Å². The number of hydrogen-bond acceptors (Lipinski definition) is 2. The van der Waals surface area contributed by atoms with Gasteiger partial charge in [-0.1, -0.05) is 32.0 Å². The van der Waals surface area contributed by atoms with Gasteiger partial charge in [0, 0.05) is 28.9 Å². The van der Waals surface area contributed by atoms with Gasteiger partial charge in [-0.25, -0.2) is 0 Å². The second-order valence-electron chi connectivity index (χ2n) is 7.29. The summed E-state index contributed by atoms with van der Waals surface area (Å²) in [7, 11) is 0. The van der Waals surface area contributed by atoms with Crippen LogP contribution in [0.25, 0.3) is 10.9 Å². The number of amides is 1. The number of benzene rings is 1. The second-order valence-corrected chi connectivity index (χ2v) is 7.29. The Morgan fingerprint density at radius 2 is 2.13 bits per heavy atom. The van der Waals surface area contributed by atoms with Crippen molar-refractivity contribution in [3.63, 3.8) is 0 Å². The quantitative estimate of drug-likeness (QED) is 0.885. The van der Waals surface area contributed by atoms with Crippen LogP contribution in [-0.4, -0.2) is 28.1 Å². The van der Waals surface area contributed by atoms with Crippen LogP contribution < -0.4 is 0 Å². The first kappa shape index (κ1) is 14.5. The van der Waals surface area contributed by atoms with Gasteiger partial charge in [-0.15, -0.1) is 0 Å². The van der Waals surface area contributed by atoms with Crippen molar-refractivity contribution < 1.29 is 9.59 Å². The van der Waals surface area contributed by atoms with Crippen LogP contribution in [0.1, 0.15) is 44.0 Å². The van der Waals surface area contributed by atoms with Crippen LogP contribution >= 0.6 is 0 Å². The molecule has 0 spiro atoms. The van der Waals surface area contributed by atoms with E-state index >= 15 is 0 Å². The summed E-state index contributed by atoms with van der Waals surface area (Å²) in [6, 6.07) is 7.91. The second kappa shape index (κ2) is 5.22. The molecule has 0 radical (unpaired) electrons. The number of hydrogen-bond donors (Lipinski definition) is 1. The number of para-hydroxylation sites is 1. The summed E-state index contributed by atoms with van der Waals surface area (Å²) >= 11 is 0. The molecule has 23 heavy (non-hydrogen) atoms. The highest BCUT2D eigenvalue weighted by Gasteiger charge is 2.47. The highest BCUT2D eigenvalue weighted by atomic mass is 16.2. The van der Waals surface area contributed by atoms with Crippen LogP contribution in [0, 0.1) is 11.8 Å². The van der Waals surface area contributed by atoms with Crippen LogP contribution in [0.15, 0.2) is 24.3 Å². The summed E-state index contributed by atoms with van der Waals surface area (Å²) in [6.45, 7) is 4.30. The number of rotatable bonds is 3. The zero-order valence-corrected chi connectivity index (χ0v) is 13.6. The Bertz CT molecular complexity index is 777. The number of aromatic nitrogens is 1. The van der Waals surface area contributed by atoms with Crippen LogP contribution in [-0.2, 0) is 16.0 Å². The van der Waals surface area contributed by atoms with Crippen molar-refractivity contribution in [3.8, 4) is 0 Å². The lowest BCUT2D eigenvalue weighted by atomic mass is 9.90. The van der Waals surface area contributed by atoms with Crippen LogP contribution in [0.4, 0.5) is 0 Å². The monoisotopic (exact) mass is 310 g/mol. The standard InChI is InChI=1S/C19H22N2O2/c1-11(2)7-12-8-17-18-15(9-13(10-22)21(17)19(12)23)14-5-3-4-6-16(14)20-18/h3-6,10-13,17,20H,7-9H2,1-2H3/t12?,13-,17+/m0/s1. The van der Waals surface area contributed by atoms with E-state index in [9.17, 15) is 9.59 Å². The summed E-state index contributed by atoms with van der Waals surface area (Å²) in [5.74, 6) is 0.687. The molecular weight excluding hydrogens is 288 g/mol. The van der Waals surface area contributed by atoms with E-state index in [1.165, 1.54) is 10.9 Å². The number of aromatic amines is 1. The van der Waals surface area contributed by atoms with Gasteiger partial charge in [0.15, 0.2) is 0 Å². The van der Waals surface area contributed by atoms with E-state index in [0.29, 0.717) is 12.3 Å². The molecule has 0 aliphatic carbocycles. The third kappa shape index (κ3) is 2.12. The SMILES string of the molecule is CC(C)CC1C[C@@H]2c3[nH]c4ccccc4c3C[C@@H](C=O)N2C1=O. The third-order valence-corrected chi connectivity index (χ3v) is 5.31. The highest BCUT2D eigenvalue weighted by Crippen LogP contribution is 2.46. The maximum Gasteiger partial charge on any atom is 0.226 e. The summed E-state index contributed by atoms with van der Waals surface area (Å²) in [5.41, 5.74) is 3.46. The van der Waals surface area contributed by atoms with Gasteiger partial charge in [-0.2, -0.15) is 0 Å². The summed E-state index contributed by atoms with van der Waals surface area (Å²) in [4.78, 5) is 29.8. The van der Waals surface area contributed by atoms with Crippen molar-refractivity contribution in [2.45, 2.75) is 45.2 Å². The molecule has 120 valence electrons. The first-order chi connectivity index (χ1) is 11.1. The molecule has 1 unspecified atom stereocenters. The zero-order valence-electron chi connectivity index (χ0n) is 13.6. The highest BCUT2D eigenvalue weighted by molar-refractivity contribution is 5.90. The minimum absolute atomic E-state index is 0.0256. The molecule has 1 fully saturated rings. The van der Waals surface area contributed by atoms with Gasteiger partial charge in [-0.3, -0.25) is 4.79 Å².